The first-order valence-corrected chi connectivity index (χ1v) is 12.3. The Balaban J connectivity index is 1.99. The summed E-state index contributed by atoms with van der Waals surface area (Å²) in [5.41, 5.74) is -1.09. The monoisotopic (exact) mass is 468 g/mol. The third-order valence-corrected chi connectivity index (χ3v) is 7.64. The van der Waals surface area contributed by atoms with Crippen molar-refractivity contribution in [1.29, 1.82) is 5.26 Å². The lowest BCUT2D eigenvalue weighted by molar-refractivity contribution is -0.115. The Labute approximate surface area is 172 Å². The summed E-state index contributed by atoms with van der Waals surface area (Å²) in [7, 11) is -12.6. The highest BCUT2D eigenvalue weighted by molar-refractivity contribution is 7.90. The van der Waals surface area contributed by atoms with Gasteiger partial charge in [0.05, 0.1) is 20.4 Å². The molecule has 1 aliphatic heterocycles. The molecule has 0 unspecified atom stereocenters. The van der Waals surface area contributed by atoms with E-state index in [9.17, 15) is 35.3 Å². The first-order valence-electron chi connectivity index (χ1n) is 7.83. The molecule has 14 heteroatoms. The van der Waals surface area contributed by atoms with Crippen LogP contribution in [0.4, 0.5) is 0 Å². The maximum atomic E-state index is 12.5. The smallest absolute Gasteiger partial charge is 0.277 e. The molecule has 0 aromatic heterocycles. The van der Waals surface area contributed by atoms with Gasteiger partial charge in [-0.05, 0) is 30.3 Å². The van der Waals surface area contributed by atoms with E-state index in [0.717, 1.165) is 24.3 Å². The summed E-state index contributed by atoms with van der Waals surface area (Å²) < 4.78 is 75.4. The van der Waals surface area contributed by atoms with Gasteiger partial charge in [-0.15, -0.1) is 0 Å². The number of carbonyl (C=O) groups is 1. The molecule has 0 fully saturated rings. The Kier molecular flexibility index (Phi) is 5.16. The molecular weight excluding hydrogens is 456 g/mol. The lowest BCUT2D eigenvalue weighted by Crippen LogP contribution is -2.32. The summed E-state index contributed by atoms with van der Waals surface area (Å²) in [6.07, 6.45) is 0. The van der Waals surface area contributed by atoms with E-state index in [0.29, 0.717) is 0 Å². The average molecular weight is 468 g/mol. The van der Waals surface area contributed by atoms with Crippen LogP contribution in [0, 0.1) is 11.3 Å². The molecule has 4 N–H and O–H groups in total. The minimum absolute atomic E-state index is 0.0408. The molecule has 30 heavy (non-hydrogen) atoms. The van der Waals surface area contributed by atoms with E-state index >= 15 is 0 Å². The van der Waals surface area contributed by atoms with Gasteiger partial charge in [0.2, 0.25) is 10.0 Å². The number of fused-ring (bicyclic) bond motifs is 1. The molecule has 2 aromatic rings. The topological polar surface area (TPSA) is 193 Å². The zero-order valence-electron chi connectivity index (χ0n) is 14.7. The number of sulfonamides is 3. The molecule has 2 aromatic carbocycles. The van der Waals surface area contributed by atoms with E-state index < -0.39 is 46.4 Å². The number of hydrogen-bond acceptors (Lipinski definition) is 8. The van der Waals surface area contributed by atoms with Crippen molar-refractivity contribution in [1.82, 2.24) is 9.44 Å². The standard InChI is InChI=1S/C16H12N4O7S3/c17-9-13(15-12-3-1-2-4-14(12)30(26,27)19-15)16(21)20-29(24,25)11-7-5-10(6-8-11)28(18,22)23/h1-8,19H,(H,20,21)(H2,18,22,23). The molecule has 1 heterocycles. The van der Waals surface area contributed by atoms with E-state index in [4.69, 9.17) is 5.14 Å². The van der Waals surface area contributed by atoms with E-state index in [1.165, 1.54) is 30.3 Å². The van der Waals surface area contributed by atoms with Crippen molar-refractivity contribution in [3.05, 3.63) is 59.7 Å². The van der Waals surface area contributed by atoms with Crippen molar-refractivity contribution in [3.63, 3.8) is 0 Å². The fraction of sp³-hybridized carbons (Fsp3) is 0. The highest BCUT2D eigenvalue weighted by atomic mass is 32.2. The van der Waals surface area contributed by atoms with Crippen LogP contribution in [0.25, 0.3) is 5.70 Å². The van der Waals surface area contributed by atoms with E-state index in [-0.39, 0.29) is 21.1 Å². The Morgan fingerprint density at radius 1 is 1.00 bits per heavy atom. The summed E-state index contributed by atoms with van der Waals surface area (Å²) in [6.45, 7) is 0. The quantitative estimate of drug-likeness (QED) is 0.389. The molecule has 0 aliphatic carbocycles. The summed E-state index contributed by atoms with van der Waals surface area (Å²) in [6, 6.07) is 10.7. The van der Waals surface area contributed by atoms with Gasteiger partial charge in [-0.1, -0.05) is 18.2 Å². The predicted octanol–water partition coefficient (Wildman–Crippen LogP) is -0.634. The molecular formula is C16H12N4O7S3. The van der Waals surface area contributed by atoms with Crippen LogP contribution < -0.4 is 14.6 Å². The average Bonchev–Trinajstić information content (AvgIpc) is 2.93. The normalized spacial score (nSPS) is 16.7. The lowest BCUT2D eigenvalue weighted by Gasteiger charge is -2.08. The second kappa shape index (κ2) is 7.22. The number of amides is 1. The van der Waals surface area contributed by atoms with Crippen molar-refractivity contribution in [2.45, 2.75) is 14.7 Å². The van der Waals surface area contributed by atoms with Crippen molar-refractivity contribution in [2.75, 3.05) is 0 Å². The van der Waals surface area contributed by atoms with E-state index in [2.05, 4.69) is 4.72 Å². The number of nitrogens with one attached hydrogen (secondary N) is 2. The number of nitrogens with two attached hydrogens (primary N) is 1. The van der Waals surface area contributed by atoms with Gasteiger partial charge in [0.25, 0.3) is 26.0 Å². The van der Waals surface area contributed by atoms with Crippen LogP contribution in [0.2, 0.25) is 0 Å². The highest BCUT2D eigenvalue weighted by Gasteiger charge is 2.34. The molecule has 0 saturated heterocycles. The van der Waals surface area contributed by atoms with Gasteiger partial charge < -0.3 is 0 Å². The third kappa shape index (κ3) is 3.91. The van der Waals surface area contributed by atoms with Crippen LogP contribution in [0.1, 0.15) is 5.56 Å². The van der Waals surface area contributed by atoms with Gasteiger partial charge in [-0.3, -0.25) is 9.52 Å². The SMILES string of the molecule is N#CC(C(=O)NS(=O)(=O)c1ccc(S(N)(=O)=O)cc1)=C1NS(=O)(=O)c2ccccc21. The Morgan fingerprint density at radius 3 is 2.13 bits per heavy atom. The van der Waals surface area contributed by atoms with Gasteiger partial charge >= 0.3 is 0 Å². The Morgan fingerprint density at radius 2 is 1.57 bits per heavy atom. The second-order valence-electron chi connectivity index (χ2n) is 5.91. The first kappa shape index (κ1) is 21.5. The summed E-state index contributed by atoms with van der Waals surface area (Å²) in [4.78, 5) is 11.5. The van der Waals surface area contributed by atoms with Crippen LogP contribution in [-0.2, 0) is 34.9 Å². The molecule has 0 atom stereocenters. The number of primary sulfonamides is 1. The number of hydrogen-bond donors (Lipinski definition) is 3. The lowest BCUT2D eigenvalue weighted by atomic mass is 10.1. The van der Waals surface area contributed by atoms with Gasteiger partial charge in [-0.25, -0.2) is 35.1 Å². The van der Waals surface area contributed by atoms with Crippen LogP contribution >= 0.6 is 0 Å². The minimum atomic E-state index is -4.51. The van der Waals surface area contributed by atoms with Crippen LogP contribution in [-0.4, -0.2) is 31.2 Å². The number of benzene rings is 2. The molecule has 11 nitrogen and oxygen atoms in total. The Bertz CT molecular complexity index is 1450. The Hall–Kier alpha value is -3.25. The molecule has 3 rings (SSSR count). The van der Waals surface area contributed by atoms with E-state index in [1.54, 1.807) is 4.72 Å². The molecule has 0 radical (unpaired) electrons. The molecule has 0 spiro atoms. The summed E-state index contributed by atoms with van der Waals surface area (Å²) in [5, 5.41) is 14.3. The number of nitriles is 1. The number of nitrogens with zero attached hydrogens (tertiary/aromatic N) is 1. The minimum Gasteiger partial charge on any atom is -0.277 e. The third-order valence-electron chi connectivity index (χ3n) is 3.96. The van der Waals surface area contributed by atoms with Crippen LogP contribution in [0.5, 0.6) is 0 Å². The van der Waals surface area contributed by atoms with Crippen molar-refractivity contribution < 1.29 is 30.0 Å². The van der Waals surface area contributed by atoms with Crippen molar-refractivity contribution in [3.8, 4) is 6.07 Å². The van der Waals surface area contributed by atoms with Gasteiger partial charge in [-0.2, -0.15) is 5.26 Å². The highest BCUT2D eigenvalue weighted by Crippen LogP contribution is 2.31. The van der Waals surface area contributed by atoms with Crippen LogP contribution in [0.3, 0.4) is 0 Å². The second-order valence-corrected chi connectivity index (χ2v) is 10.8. The fourth-order valence-electron chi connectivity index (χ4n) is 2.60. The van der Waals surface area contributed by atoms with Gasteiger partial charge in [0.1, 0.15) is 11.6 Å². The van der Waals surface area contributed by atoms with Crippen LogP contribution in [0.15, 0.2) is 68.8 Å². The van der Waals surface area contributed by atoms with E-state index in [1.807, 2.05) is 0 Å². The van der Waals surface area contributed by atoms with Gasteiger partial charge in [0, 0.05) is 5.56 Å². The number of rotatable bonds is 4. The number of carbonyl (C=O) groups excluding carboxylic acids is 1. The van der Waals surface area contributed by atoms with Crippen molar-refractivity contribution >= 4 is 41.7 Å². The zero-order chi connectivity index (χ0) is 22.3. The molecule has 1 aliphatic rings. The molecule has 0 saturated carbocycles. The summed E-state index contributed by atoms with van der Waals surface area (Å²) in [5.74, 6) is -1.37. The molecule has 156 valence electrons. The van der Waals surface area contributed by atoms with Gasteiger partial charge in [0.15, 0.2) is 0 Å². The van der Waals surface area contributed by atoms with Crippen molar-refractivity contribution in [2.24, 2.45) is 5.14 Å². The summed E-state index contributed by atoms with van der Waals surface area (Å²) >= 11 is 0. The first-order chi connectivity index (χ1) is 13.9. The fourth-order valence-corrected chi connectivity index (χ4v) is 5.38. The predicted molar refractivity (Wildman–Crippen MR) is 102 cm³/mol. The molecule has 0 bridgehead atoms. The zero-order valence-corrected chi connectivity index (χ0v) is 17.2. The maximum Gasteiger partial charge on any atom is 0.277 e. The molecule has 1 amide bonds. The largest absolute Gasteiger partial charge is 0.277 e. The maximum absolute atomic E-state index is 12.5.